The van der Waals surface area contributed by atoms with Gasteiger partial charge in [0.15, 0.2) is 0 Å². The van der Waals surface area contributed by atoms with Crippen LogP contribution in [-0.4, -0.2) is 43.2 Å². The third-order valence-electron chi connectivity index (χ3n) is 3.29. The van der Waals surface area contributed by atoms with Crippen LogP contribution in [0.15, 0.2) is 0 Å². The first kappa shape index (κ1) is 17.7. The Morgan fingerprint density at radius 3 is 2.72 bits per heavy atom. The van der Waals surface area contributed by atoms with E-state index in [4.69, 9.17) is 10.5 Å². The van der Waals surface area contributed by atoms with Crippen LogP contribution in [0.2, 0.25) is 0 Å². The van der Waals surface area contributed by atoms with Crippen LogP contribution >= 0.6 is 12.4 Å². The summed E-state index contributed by atoms with van der Waals surface area (Å²) in [5, 5.41) is 0. The van der Waals surface area contributed by atoms with Crippen LogP contribution in [0.3, 0.4) is 0 Å². The molecule has 1 aliphatic rings. The lowest BCUT2D eigenvalue weighted by molar-refractivity contribution is -0.138. The van der Waals surface area contributed by atoms with E-state index < -0.39 is 0 Å². The van der Waals surface area contributed by atoms with Crippen molar-refractivity contribution < 1.29 is 9.53 Å². The highest BCUT2D eigenvalue weighted by Gasteiger charge is 2.22. The first-order valence-electron chi connectivity index (χ1n) is 6.87. The molecule has 2 N–H and O–H groups in total. The lowest BCUT2D eigenvalue weighted by atomic mass is 10.1. The van der Waals surface area contributed by atoms with Gasteiger partial charge in [-0.25, -0.2) is 0 Å². The third kappa shape index (κ3) is 6.57. The topological polar surface area (TPSA) is 55.6 Å². The predicted molar refractivity (Wildman–Crippen MR) is 76.0 cm³/mol. The molecule has 18 heavy (non-hydrogen) atoms. The number of halogens is 1. The molecule has 1 aliphatic heterocycles. The molecule has 1 saturated heterocycles. The molecule has 5 heteroatoms. The summed E-state index contributed by atoms with van der Waals surface area (Å²) in [7, 11) is 0. The summed E-state index contributed by atoms with van der Waals surface area (Å²) in [6.07, 6.45) is 6.23. The van der Waals surface area contributed by atoms with E-state index in [1.807, 2.05) is 4.90 Å². The quantitative estimate of drug-likeness (QED) is 0.724. The van der Waals surface area contributed by atoms with E-state index in [0.29, 0.717) is 18.9 Å². The molecular weight excluding hydrogens is 252 g/mol. The molecule has 0 saturated carbocycles. The predicted octanol–water partition coefficient (Wildman–Crippen LogP) is 1.95. The minimum Gasteiger partial charge on any atom is -0.375 e. The summed E-state index contributed by atoms with van der Waals surface area (Å²) >= 11 is 0. The van der Waals surface area contributed by atoms with Crippen LogP contribution in [-0.2, 0) is 9.53 Å². The zero-order valence-corrected chi connectivity index (χ0v) is 12.2. The fourth-order valence-corrected chi connectivity index (χ4v) is 2.13. The van der Waals surface area contributed by atoms with Gasteiger partial charge in [0.2, 0.25) is 5.91 Å². The van der Waals surface area contributed by atoms with Crippen molar-refractivity contribution in [3.63, 3.8) is 0 Å². The van der Waals surface area contributed by atoms with Crippen molar-refractivity contribution in [3.8, 4) is 0 Å². The van der Waals surface area contributed by atoms with Gasteiger partial charge in [-0.15, -0.1) is 12.4 Å². The van der Waals surface area contributed by atoms with Crippen LogP contribution in [0.4, 0.5) is 0 Å². The van der Waals surface area contributed by atoms with Gasteiger partial charge in [-0.05, 0) is 25.8 Å². The molecule has 1 atom stereocenters. The summed E-state index contributed by atoms with van der Waals surface area (Å²) in [6.45, 7) is 5.09. The Kier molecular flexibility index (Phi) is 10.4. The Morgan fingerprint density at radius 1 is 1.33 bits per heavy atom. The normalized spacial score (nSPS) is 19.4. The van der Waals surface area contributed by atoms with E-state index in [9.17, 15) is 4.79 Å². The second kappa shape index (κ2) is 10.6. The van der Waals surface area contributed by atoms with Gasteiger partial charge in [-0.3, -0.25) is 4.79 Å². The molecule has 4 nitrogen and oxygen atoms in total. The van der Waals surface area contributed by atoms with Crippen molar-refractivity contribution in [1.82, 2.24) is 4.90 Å². The smallest absolute Gasteiger partial charge is 0.222 e. The molecule has 0 aliphatic carbocycles. The monoisotopic (exact) mass is 278 g/mol. The third-order valence-corrected chi connectivity index (χ3v) is 3.29. The number of amides is 1. The Balaban J connectivity index is 0.00000289. The lowest BCUT2D eigenvalue weighted by Gasteiger charge is -2.32. The molecule has 1 rings (SSSR count). The summed E-state index contributed by atoms with van der Waals surface area (Å²) in [5.41, 5.74) is 5.43. The Labute approximate surface area is 117 Å². The summed E-state index contributed by atoms with van der Waals surface area (Å²) in [5.74, 6) is 0.291. The zero-order valence-electron chi connectivity index (χ0n) is 11.4. The van der Waals surface area contributed by atoms with Crippen LogP contribution in [0, 0.1) is 0 Å². The molecular formula is C13H27ClN2O2. The fourth-order valence-electron chi connectivity index (χ4n) is 2.13. The maximum Gasteiger partial charge on any atom is 0.222 e. The minimum atomic E-state index is 0. The number of unbranched alkanes of at least 4 members (excludes halogenated alkanes) is 3. The molecule has 1 amide bonds. The number of ether oxygens (including phenoxy) is 1. The molecule has 1 unspecified atom stereocenters. The van der Waals surface area contributed by atoms with Gasteiger partial charge in [0.1, 0.15) is 0 Å². The largest absolute Gasteiger partial charge is 0.375 e. The number of nitrogens with two attached hydrogens (primary N) is 1. The maximum atomic E-state index is 11.9. The van der Waals surface area contributed by atoms with Crippen molar-refractivity contribution >= 4 is 18.3 Å². The van der Waals surface area contributed by atoms with Crippen molar-refractivity contribution in [3.05, 3.63) is 0 Å². The minimum absolute atomic E-state index is 0. The van der Waals surface area contributed by atoms with E-state index in [-0.39, 0.29) is 18.5 Å². The molecule has 0 bridgehead atoms. The Bertz CT molecular complexity index is 227. The van der Waals surface area contributed by atoms with Crippen molar-refractivity contribution in [2.24, 2.45) is 5.73 Å². The van der Waals surface area contributed by atoms with Gasteiger partial charge in [0, 0.05) is 19.5 Å². The van der Waals surface area contributed by atoms with Gasteiger partial charge in [-0.1, -0.05) is 19.8 Å². The summed E-state index contributed by atoms with van der Waals surface area (Å²) in [4.78, 5) is 13.9. The van der Waals surface area contributed by atoms with Gasteiger partial charge >= 0.3 is 0 Å². The SMILES string of the molecule is CCC1CN(C(=O)CCCCCCN)CCO1.Cl. The van der Waals surface area contributed by atoms with E-state index >= 15 is 0 Å². The fraction of sp³-hybridized carbons (Fsp3) is 0.923. The van der Waals surface area contributed by atoms with E-state index in [2.05, 4.69) is 6.92 Å². The average molecular weight is 279 g/mol. The van der Waals surface area contributed by atoms with Gasteiger partial charge < -0.3 is 15.4 Å². The lowest BCUT2D eigenvalue weighted by Crippen LogP contribution is -2.45. The van der Waals surface area contributed by atoms with Crippen LogP contribution < -0.4 is 5.73 Å². The number of hydrogen-bond acceptors (Lipinski definition) is 3. The number of rotatable bonds is 7. The van der Waals surface area contributed by atoms with Crippen LogP contribution in [0.5, 0.6) is 0 Å². The second-order valence-electron chi connectivity index (χ2n) is 4.69. The van der Waals surface area contributed by atoms with Gasteiger partial charge in [0.25, 0.3) is 0 Å². The van der Waals surface area contributed by atoms with Gasteiger partial charge in [0.05, 0.1) is 12.7 Å². The van der Waals surface area contributed by atoms with Crippen molar-refractivity contribution in [2.75, 3.05) is 26.2 Å². The highest BCUT2D eigenvalue weighted by Crippen LogP contribution is 2.11. The molecule has 0 aromatic carbocycles. The van der Waals surface area contributed by atoms with Crippen molar-refractivity contribution in [2.45, 2.75) is 51.6 Å². The summed E-state index contributed by atoms with van der Waals surface area (Å²) < 4.78 is 5.56. The number of nitrogens with zero attached hydrogens (tertiary/aromatic N) is 1. The Morgan fingerprint density at radius 2 is 2.06 bits per heavy atom. The number of hydrogen-bond donors (Lipinski definition) is 1. The number of carbonyl (C=O) groups is 1. The van der Waals surface area contributed by atoms with E-state index in [1.54, 1.807) is 0 Å². The number of carbonyl (C=O) groups excluding carboxylic acids is 1. The van der Waals surface area contributed by atoms with Crippen molar-refractivity contribution in [1.29, 1.82) is 0 Å². The molecule has 108 valence electrons. The first-order valence-corrected chi connectivity index (χ1v) is 6.87. The Hall–Kier alpha value is -0.320. The summed E-state index contributed by atoms with van der Waals surface area (Å²) in [6, 6.07) is 0. The standard InChI is InChI=1S/C13H26N2O2.ClH/c1-2-12-11-15(9-10-17-12)13(16)7-5-3-4-6-8-14;/h12H,2-11,14H2,1H3;1H. The molecule has 0 radical (unpaired) electrons. The number of morpholine rings is 1. The van der Waals surface area contributed by atoms with E-state index in [1.165, 1.54) is 0 Å². The first-order chi connectivity index (χ1) is 8.27. The van der Waals surface area contributed by atoms with Crippen LogP contribution in [0.25, 0.3) is 0 Å². The highest BCUT2D eigenvalue weighted by atomic mass is 35.5. The molecule has 0 aromatic rings. The highest BCUT2D eigenvalue weighted by molar-refractivity contribution is 5.85. The molecule has 0 aromatic heterocycles. The maximum absolute atomic E-state index is 11.9. The van der Waals surface area contributed by atoms with Gasteiger partial charge in [-0.2, -0.15) is 0 Å². The average Bonchev–Trinajstić information content (AvgIpc) is 2.38. The van der Waals surface area contributed by atoms with E-state index in [0.717, 1.165) is 51.7 Å². The zero-order chi connectivity index (χ0) is 12.5. The molecule has 1 heterocycles. The molecule has 1 fully saturated rings. The second-order valence-corrected chi connectivity index (χ2v) is 4.69. The van der Waals surface area contributed by atoms with Crippen LogP contribution in [0.1, 0.15) is 45.4 Å². The molecule has 0 spiro atoms.